The van der Waals surface area contributed by atoms with E-state index in [1.54, 1.807) is 13.0 Å². The van der Waals surface area contributed by atoms with Crippen LogP contribution in [0, 0.1) is 12.3 Å². The standard InChI is InChI=1S/C18H25N5O3S/c1-12-5-15(21-26-12)20-16(24)9-27-10-17(25)23-8-13-7-19-22(4)14(13)6-18(2,3)11-23/h5,7H,6,8-11H2,1-4H3,(H,20,21,24). The van der Waals surface area contributed by atoms with Crippen LogP contribution in [0.4, 0.5) is 5.82 Å². The van der Waals surface area contributed by atoms with Gasteiger partial charge >= 0.3 is 0 Å². The third kappa shape index (κ3) is 4.91. The third-order valence-corrected chi connectivity index (χ3v) is 5.40. The molecule has 0 bridgehead atoms. The Morgan fingerprint density at radius 1 is 1.37 bits per heavy atom. The van der Waals surface area contributed by atoms with Crippen LogP contribution in [-0.2, 0) is 29.6 Å². The fourth-order valence-corrected chi connectivity index (χ4v) is 3.98. The minimum atomic E-state index is -0.202. The maximum Gasteiger partial charge on any atom is 0.235 e. The van der Waals surface area contributed by atoms with Crippen LogP contribution in [0.25, 0.3) is 0 Å². The quantitative estimate of drug-likeness (QED) is 0.838. The molecule has 0 aliphatic carbocycles. The number of fused-ring (bicyclic) bond motifs is 1. The average molecular weight is 391 g/mol. The first-order valence-electron chi connectivity index (χ1n) is 8.82. The van der Waals surface area contributed by atoms with Crippen LogP contribution in [0.2, 0.25) is 0 Å². The summed E-state index contributed by atoms with van der Waals surface area (Å²) in [6, 6.07) is 1.65. The molecule has 2 aromatic heterocycles. The summed E-state index contributed by atoms with van der Waals surface area (Å²) in [5.41, 5.74) is 2.26. The number of aryl methyl sites for hydroxylation is 2. The van der Waals surface area contributed by atoms with Gasteiger partial charge in [0.25, 0.3) is 0 Å². The first-order valence-corrected chi connectivity index (χ1v) is 9.97. The van der Waals surface area contributed by atoms with Gasteiger partial charge in [0.15, 0.2) is 5.82 Å². The lowest BCUT2D eigenvalue weighted by Crippen LogP contribution is -2.38. The van der Waals surface area contributed by atoms with Crippen molar-refractivity contribution >= 4 is 29.4 Å². The second-order valence-electron chi connectivity index (χ2n) is 7.69. The van der Waals surface area contributed by atoms with Gasteiger partial charge in [-0.1, -0.05) is 19.0 Å². The molecule has 2 amide bonds. The van der Waals surface area contributed by atoms with Crippen LogP contribution < -0.4 is 5.32 Å². The lowest BCUT2D eigenvalue weighted by molar-refractivity contribution is -0.130. The van der Waals surface area contributed by atoms with E-state index in [9.17, 15) is 9.59 Å². The number of carbonyl (C=O) groups is 2. The van der Waals surface area contributed by atoms with Crippen LogP contribution in [0.15, 0.2) is 16.8 Å². The highest BCUT2D eigenvalue weighted by Crippen LogP contribution is 2.30. The van der Waals surface area contributed by atoms with E-state index in [4.69, 9.17) is 4.52 Å². The fraction of sp³-hybridized carbons (Fsp3) is 0.556. The lowest BCUT2D eigenvalue weighted by Gasteiger charge is -2.29. The predicted molar refractivity (Wildman–Crippen MR) is 103 cm³/mol. The van der Waals surface area contributed by atoms with Gasteiger partial charge in [-0.25, -0.2) is 0 Å². The maximum atomic E-state index is 12.7. The van der Waals surface area contributed by atoms with Gasteiger partial charge in [-0.15, -0.1) is 11.8 Å². The first kappa shape index (κ1) is 19.5. The molecular weight excluding hydrogens is 366 g/mol. The van der Waals surface area contributed by atoms with Crippen molar-refractivity contribution in [1.29, 1.82) is 0 Å². The van der Waals surface area contributed by atoms with Crippen molar-refractivity contribution in [3.8, 4) is 0 Å². The van der Waals surface area contributed by atoms with E-state index in [1.165, 1.54) is 17.5 Å². The summed E-state index contributed by atoms with van der Waals surface area (Å²) in [5, 5.41) is 10.7. The number of rotatable bonds is 5. The normalized spacial score (nSPS) is 15.9. The molecule has 3 rings (SSSR count). The lowest BCUT2D eigenvalue weighted by atomic mass is 9.87. The highest BCUT2D eigenvalue weighted by molar-refractivity contribution is 8.00. The van der Waals surface area contributed by atoms with Gasteiger partial charge in [0.05, 0.1) is 17.7 Å². The highest BCUT2D eigenvalue weighted by Gasteiger charge is 2.31. The van der Waals surface area contributed by atoms with E-state index in [0.29, 0.717) is 24.7 Å². The summed E-state index contributed by atoms with van der Waals surface area (Å²) in [7, 11) is 1.94. The monoisotopic (exact) mass is 391 g/mol. The number of hydrogen-bond donors (Lipinski definition) is 1. The molecule has 27 heavy (non-hydrogen) atoms. The van der Waals surface area contributed by atoms with Crippen LogP contribution in [0.5, 0.6) is 0 Å². The Hall–Kier alpha value is -2.29. The Kier molecular flexibility index (Phi) is 5.59. The molecule has 0 unspecified atom stereocenters. The molecule has 146 valence electrons. The number of nitrogens with zero attached hydrogens (tertiary/aromatic N) is 4. The summed E-state index contributed by atoms with van der Waals surface area (Å²) in [6.07, 6.45) is 2.73. The van der Waals surface area contributed by atoms with Gasteiger partial charge in [0, 0.05) is 37.5 Å². The van der Waals surface area contributed by atoms with E-state index < -0.39 is 0 Å². The van der Waals surface area contributed by atoms with Crippen LogP contribution in [-0.4, -0.2) is 49.7 Å². The van der Waals surface area contributed by atoms with E-state index in [0.717, 1.165) is 12.0 Å². The summed E-state index contributed by atoms with van der Waals surface area (Å²) in [6.45, 7) is 7.33. The van der Waals surface area contributed by atoms with Crippen molar-refractivity contribution in [3.63, 3.8) is 0 Å². The van der Waals surface area contributed by atoms with Crippen molar-refractivity contribution in [1.82, 2.24) is 19.8 Å². The van der Waals surface area contributed by atoms with Crippen LogP contribution in [0.1, 0.15) is 30.9 Å². The molecule has 3 heterocycles. The van der Waals surface area contributed by atoms with Gasteiger partial charge in [0.2, 0.25) is 11.8 Å². The summed E-state index contributed by atoms with van der Waals surface area (Å²) in [4.78, 5) is 26.5. The third-order valence-electron chi connectivity index (χ3n) is 4.48. The number of aromatic nitrogens is 3. The molecule has 9 heteroatoms. The van der Waals surface area contributed by atoms with Gasteiger partial charge < -0.3 is 14.7 Å². The molecule has 0 aromatic carbocycles. The van der Waals surface area contributed by atoms with Gasteiger partial charge in [-0.05, 0) is 18.8 Å². The van der Waals surface area contributed by atoms with Crippen LogP contribution in [0.3, 0.4) is 0 Å². The molecule has 8 nitrogen and oxygen atoms in total. The Morgan fingerprint density at radius 2 is 2.15 bits per heavy atom. The summed E-state index contributed by atoms with van der Waals surface area (Å²) < 4.78 is 6.81. The molecule has 0 saturated carbocycles. The number of nitrogens with one attached hydrogen (secondary N) is 1. The van der Waals surface area contributed by atoms with Crippen molar-refractivity contribution < 1.29 is 14.1 Å². The number of hydrogen-bond acceptors (Lipinski definition) is 6. The second-order valence-corrected chi connectivity index (χ2v) is 8.68. The first-order chi connectivity index (χ1) is 12.7. The van der Waals surface area contributed by atoms with Crippen molar-refractivity contribution in [2.45, 2.75) is 33.7 Å². The molecular formula is C18H25N5O3S. The number of anilines is 1. The molecule has 0 spiro atoms. The minimum Gasteiger partial charge on any atom is -0.360 e. The van der Waals surface area contributed by atoms with Crippen molar-refractivity contribution in [2.75, 3.05) is 23.4 Å². The van der Waals surface area contributed by atoms with Crippen molar-refractivity contribution in [3.05, 3.63) is 29.3 Å². The zero-order chi connectivity index (χ0) is 19.6. The molecule has 1 aliphatic heterocycles. The molecule has 0 fully saturated rings. The van der Waals surface area contributed by atoms with Gasteiger partial charge in [-0.2, -0.15) is 5.10 Å². The second kappa shape index (κ2) is 7.75. The largest absolute Gasteiger partial charge is 0.360 e. The zero-order valence-electron chi connectivity index (χ0n) is 16.1. The van der Waals surface area contributed by atoms with E-state index >= 15 is 0 Å². The minimum absolute atomic E-state index is 0.0262. The Balaban J connectivity index is 1.53. The van der Waals surface area contributed by atoms with E-state index in [-0.39, 0.29) is 28.7 Å². The molecule has 2 aromatic rings. The Morgan fingerprint density at radius 3 is 2.85 bits per heavy atom. The molecule has 0 atom stereocenters. The smallest absolute Gasteiger partial charge is 0.235 e. The van der Waals surface area contributed by atoms with Gasteiger partial charge in [-0.3, -0.25) is 14.3 Å². The van der Waals surface area contributed by atoms with Crippen LogP contribution >= 0.6 is 11.8 Å². The Labute approximate surface area is 162 Å². The SMILES string of the molecule is Cc1cc(NC(=O)CSCC(=O)N2Cc3cnn(C)c3CC(C)(C)C2)no1. The highest BCUT2D eigenvalue weighted by atomic mass is 32.2. The topological polar surface area (TPSA) is 93.3 Å². The molecule has 1 N–H and O–H groups in total. The summed E-state index contributed by atoms with van der Waals surface area (Å²) >= 11 is 1.30. The maximum absolute atomic E-state index is 12.7. The average Bonchev–Trinajstić information content (AvgIpc) is 3.09. The number of thioether (sulfide) groups is 1. The zero-order valence-corrected chi connectivity index (χ0v) is 16.9. The number of carbonyl (C=O) groups excluding carboxylic acids is 2. The van der Waals surface area contributed by atoms with Crippen molar-refractivity contribution in [2.24, 2.45) is 12.5 Å². The number of amides is 2. The molecule has 0 radical (unpaired) electrons. The van der Waals surface area contributed by atoms with E-state index in [1.807, 2.05) is 22.8 Å². The molecule has 0 saturated heterocycles. The molecule has 1 aliphatic rings. The Bertz CT molecular complexity index is 842. The van der Waals surface area contributed by atoms with Gasteiger partial charge in [0.1, 0.15) is 5.76 Å². The fourth-order valence-electron chi connectivity index (χ4n) is 3.26. The summed E-state index contributed by atoms with van der Waals surface area (Å²) in [5.74, 6) is 1.31. The predicted octanol–water partition coefficient (Wildman–Crippen LogP) is 2.00. The van der Waals surface area contributed by atoms with E-state index in [2.05, 4.69) is 29.4 Å².